The Morgan fingerprint density at radius 3 is 2.67 bits per heavy atom. The van der Waals surface area contributed by atoms with Crippen LogP contribution in [0.5, 0.6) is 5.88 Å². The lowest BCUT2D eigenvalue weighted by Gasteiger charge is -2.28. The standard InChI is InChI=1S/C34H43N7O7S/c1-40-15-14-36-30(40)29-37-24-13-16-49-27(24)31(39-29)47-22-18-26(28(35)42)41(19-22)32(43)25(38-34(46)48-21-10-7-8-11-21)12-6-4-2-3-5-9-20-17-23(20)33(44)45/h5,9,13-16,20-23,25-26H,2-4,6-8,10-12,17-19H2,1H3,(H2,35,42)(H,38,46)(H,44,45)/b9-5-/t20-,22?,23+,25?,26+/m1/s1. The molecule has 14 nitrogen and oxygen atoms in total. The van der Waals surface area contributed by atoms with Crippen molar-refractivity contribution in [3.8, 4) is 17.5 Å². The number of imidazole rings is 1. The number of rotatable bonds is 15. The molecule has 3 fully saturated rings. The second-order valence-electron chi connectivity index (χ2n) is 13.2. The second kappa shape index (κ2) is 15.3. The average Bonchev–Trinajstić information content (AvgIpc) is 3.57. The number of hydrogen-bond acceptors (Lipinski definition) is 10. The summed E-state index contributed by atoms with van der Waals surface area (Å²) in [6, 6.07) is 0.0342. The van der Waals surface area contributed by atoms with Crippen LogP contribution in [0.15, 0.2) is 36.0 Å². The van der Waals surface area contributed by atoms with Gasteiger partial charge in [0.25, 0.3) is 0 Å². The monoisotopic (exact) mass is 693 g/mol. The first-order valence-electron chi connectivity index (χ1n) is 17.0. The Labute approximate surface area is 288 Å². The zero-order chi connectivity index (χ0) is 34.5. The molecule has 6 rings (SSSR count). The van der Waals surface area contributed by atoms with Crippen molar-refractivity contribution in [2.45, 2.75) is 94.9 Å². The Morgan fingerprint density at radius 2 is 1.96 bits per heavy atom. The van der Waals surface area contributed by atoms with Gasteiger partial charge in [0, 0.05) is 25.9 Å². The Balaban J connectivity index is 1.11. The smallest absolute Gasteiger partial charge is 0.408 e. The van der Waals surface area contributed by atoms with Gasteiger partial charge >= 0.3 is 12.1 Å². The highest BCUT2D eigenvalue weighted by Crippen LogP contribution is 2.40. The third-order valence-electron chi connectivity index (χ3n) is 9.52. The van der Waals surface area contributed by atoms with Crippen LogP contribution in [-0.4, -0.2) is 84.2 Å². The predicted octanol–water partition coefficient (Wildman–Crippen LogP) is 4.19. The molecule has 0 spiro atoms. The van der Waals surface area contributed by atoms with E-state index in [4.69, 9.17) is 20.3 Å². The Kier molecular flexibility index (Phi) is 10.8. The van der Waals surface area contributed by atoms with Crippen LogP contribution in [0.3, 0.4) is 0 Å². The highest BCUT2D eigenvalue weighted by atomic mass is 32.1. The van der Waals surface area contributed by atoms with E-state index in [1.807, 2.05) is 35.2 Å². The molecule has 1 aliphatic heterocycles. The summed E-state index contributed by atoms with van der Waals surface area (Å²) in [5.74, 6) is -0.661. The molecule has 2 unspecified atom stereocenters. The number of carboxylic acid groups (broad SMARTS) is 1. The van der Waals surface area contributed by atoms with E-state index in [1.54, 1.807) is 12.4 Å². The van der Waals surface area contributed by atoms with Crippen molar-refractivity contribution in [1.82, 2.24) is 29.7 Å². The van der Waals surface area contributed by atoms with E-state index in [-0.39, 0.29) is 30.9 Å². The van der Waals surface area contributed by atoms with Crippen molar-refractivity contribution in [3.63, 3.8) is 0 Å². The van der Waals surface area contributed by atoms with Gasteiger partial charge in [0.2, 0.25) is 17.7 Å². The number of nitrogens with one attached hydrogen (secondary N) is 1. The Morgan fingerprint density at radius 1 is 1.14 bits per heavy atom. The van der Waals surface area contributed by atoms with Gasteiger partial charge in [-0.15, -0.1) is 11.3 Å². The normalized spacial score (nSPS) is 22.8. The van der Waals surface area contributed by atoms with Gasteiger partial charge < -0.3 is 35.1 Å². The highest BCUT2D eigenvalue weighted by Gasteiger charge is 2.43. The van der Waals surface area contributed by atoms with Crippen LogP contribution >= 0.6 is 11.3 Å². The Hall–Kier alpha value is -4.53. The van der Waals surface area contributed by atoms with Crippen LogP contribution in [0.4, 0.5) is 4.79 Å². The molecular formula is C34H43N7O7S. The fraction of sp³-hybridized carbons (Fsp3) is 0.559. The van der Waals surface area contributed by atoms with Crippen LogP contribution in [0.25, 0.3) is 21.9 Å². The maximum Gasteiger partial charge on any atom is 0.408 e. The molecule has 2 aliphatic carbocycles. The van der Waals surface area contributed by atoms with E-state index < -0.39 is 42.1 Å². The maximum absolute atomic E-state index is 14.1. The van der Waals surface area contributed by atoms with Crippen molar-refractivity contribution in [1.29, 1.82) is 0 Å². The van der Waals surface area contributed by atoms with Gasteiger partial charge in [0.05, 0.1) is 18.0 Å². The fourth-order valence-corrected chi connectivity index (χ4v) is 7.47. The number of aryl methyl sites for hydroxylation is 1. The largest absolute Gasteiger partial charge is 0.481 e. The summed E-state index contributed by atoms with van der Waals surface area (Å²) in [7, 11) is 1.85. The topological polar surface area (TPSA) is 192 Å². The van der Waals surface area contributed by atoms with Crippen molar-refractivity contribution in [3.05, 3.63) is 36.0 Å². The quantitative estimate of drug-likeness (QED) is 0.154. The summed E-state index contributed by atoms with van der Waals surface area (Å²) in [5.41, 5.74) is 6.51. The molecule has 262 valence electrons. The molecule has 0 radical (unpaired) electrons. The van der Waals surface area contributed by atoms with Crippen molar-refractivity contribution in [2.24, 2.45) is 24.6 Å². The molecule has 2 saturated carbocycles. The van der Waals surface area contributed by atoms with E-state index in [0.29, 0.717) is 42.3 Å². The summed E-state index contributed by atoms with van der Waals surface area (Å²) in [6.45, 7) is 0.0835. The van der Waals surface area contributed by atoms with Gasteiger partial charge in [-0.05, 0) is 68.7 Å². The van der Waals surface area contributed by atoms with Crippen molar-refractivity contribution < 1.29 is 33.8 Å². The number of alkyl carbamates (subject to hydrolysis) is 1. The summed E-state index contributed by atoms with van der Waals surface area (Å²) in [6.07, 6.45) is 14.0. The summed E-state index contributed by atoms with van der Waals surface area (Å²) < 4.78 is 14.5. The molecular weight excluding hydrogens is 650 g/mol. The first-order chi connectivity index (χ1) is 23.7. The molecule has 1 saturated heterocycles. The zero-order valence-corrected chi connectivity index (χ0v) is 28.3. The second-order valence-corrected chi connectivity index (χ2v) is 14.1. The summed E-state index contributed by atoms with van der Waals surface area (Å²) >= 11 is 1.43. The van der Waals surface area contributed by atoms with E-state index in [1.165, 1.54) is 16.2 Å². The molecule has 3 aromatic rings. The minimum Gasteiger partial charge on any atom is -0.481 e. The number of carbonyl (C=O) groups excluding carboxylic acids is 3. The van der Waals surface area contributed by atoms with E-state index in [9.17, 15) is 19.2 Å². The number of aliphatic carboxylic acids is 1. The first-order valence-corrected chi connectivity index (χ1v) is 17.9. The third-order valence-corrected chi connectivity index (χ3v) is 10.4. The number of amides is 3. The molecule has 4 heterocycles. The number of nitrogens with zero attached hydrogens (tertiary/aromatic N) is 5. The molecule has 5 atom stereocenters. The maximum atomic E-state index is 14.1. The van der Waals surface area contributed by atoms with Crippen LogP contribution < -0.4 is 15.8 Å². The van der Waals surface area contributed by atoms with Crippen LogP contribution in [0.2, 0.25) is 0 Å². The number of ether oxygens (including phenoxy) is 2. The van der Waals surface area contributed by atoms with Gasteiger partial charge in [-0.2, -0.15) is 4.98 Å². The first kappa shape index (κ1) is 34.3. The zero-order valence-electron chi connectivity index (χ0n) is 27.5. The van der Waals surface area contributed by atoms with E-state index in [0.717, 1.165) is 49.6 Å². The van der Waals surface area contributed by atoms with Gasteiger partial charge in [-0.25, -0.2) is 14.8 Å². The number of primary amides is 1. The molecule has 49 heavy (non-hydrogen) atoms. The van der Waals surface area contributed by atoms with Crippen molar-refractivity contribution in [2.75, 3.05) is 6.54 Å². The van der Waals surface area contributed by atoms with Gasteiger partial charge in [0.15, 0.2) is 11.6 Å². The predicted molar refractivity (Wildman–Crippen MR) is 180 cm³/mol. The molecule has 3 aromatic heterocycles. The minimum atomic E-state index is -0.926. The number of fused-ring (bicyclic) bond motifs is 1. The summed E-state index contributed by atoms with van der Waals surface area (Å²) in [5, 5.41) is 13.8. The molecule has 3 aliphatic rings. The van der Waals surface area contributed by atoms with Gasteiger partial charge in [-0.3, -0.25) is 14.4 Å². The number of carbonyl (C=O) groups is 4. The number of nitrogens with two attached hydrogens (primary N) is 1. The molecule has 15 heteroatoms. The van der Waals surface area contributed by atoms with Crippen LogP contribution in [0, 0.1) is 11.8 Å². The van der Waals surface area contributed by atoms with Crippen LogP contribution in [-0.2, 0) is 26.2 Å². The average molecular weight is 694 g/mol. The number of likely N-dealkylation sites (tertiary alicyclic amines) is 1. The molecule has 4 N–H and O–H groups in total. The van der Waals surface area contributed by atoms with Crippen molar-refractivity contribution >= 4 is 45.4 Å². The third kappa shape index (κ3) is 8.38. The Bertz CT molecular complexity index is 1700. The number of allylic oxidation sites excluding steroid dienone is 2. The number of carboxylic acids is 1. The number of aromatic nitrogens is 4. The van der Waals surface area contributed by atoms with E-state index >= 15 is 0 Å². The lowest BCUT2D eigenvalue weighted by atomic mass is 10.0. The lowest BCUT2D eigenvalue weighted by molar-refractivity contribution is -0.139. The van der Waals surface area contributed by atoms with Gasteiger partial charge in [-0.1, -0.05) is 25.0 Å². The SMILES string of the molecule is Cn1ccnc1-c1nc(OC2C[C@@H](C(N)=O)N(C(=O)C(CCCCC/C=C\[C@@H]3C[C@@H]3C(=O)O)NC(=O)OC3CCCC3)C2)c2sccc2n1. The molecule has 0 aromatic carbocycles. The number of thiophene rings is 1. The van der Waals surface area contributed by atoms with Gasteiger partial charge in [0.1, 0.15) is 29.0 Å². The minimum absolute atomic E-state index is 0.0835. The molecule has 0 bridgehead atoms. The van der Waals surface area contributed by atoms with Crippen LogP contribution in [0.1, 0.15) is 70.6 Å². The number of unbranched alkanes of at least 4 members (excludes halogenated alkanes) is 3. The highest BCUT2D eigenvalue weighted by molar-refractivity contribution is 7.17. The van der Waals surface area contributed by atoms with E-state index in [2.05, 4.69) is 20.3 Å². The summed E-state index contributed by atoms with van der Waals surface area (Å²) in [4.78, 5) is 65.8. The lowest BCUT2D eigenvalue weighted by Crippen LogP contribution is -2.53. The number of hydrogen-bond donors (Lipinski definition) is 3. The fourth-order valence-electron chi connectivity index (χ4n) is 6.71. The molecule has 3 amide bonds.